The number of carbonyl (C=O) groups is 1. The van der Waals surface area contributed by atoms with Crippen LogP contribution < -0.4 is 10.1 Å². The SMILES string of the molecule is COc1cccn2nc(C3(CNC(=O)OC(C)(C)C)CC3)nc12. The number of amides is 1. The zero-order valence-electron chi connectivity index (χ0n) is 13.9. The van der Waals surface area contributed by atoms with Crippen LogP contribution in [0.25, 0.3) is 5.65 Å². The predicted molar refractivity (Wildman–Crippen MR) is 84.7 cm³/mol. The summed E-state index contributed by atoms with van der Waals surface area (Å²) in [5.74, 6) is 1.42. The van der Waals surface area contributed by atoms with Gasteiger partial charge < -0.3 is 14.8 Å². The van der Waals surface area contributed by atoms with E-state index in [-0.39, 0.29) is 5.41 Å². The number of methoxy groups -OCH3 is 1. The fourth-order valence-electron chi connectivity index (χ4n) is 2.45. The van der Waals surface area contributed by atoms with Gasteiger partial charge in [0, 0.05) is 18.2 Å². The minimum atomic E-state index is -0.504. The maximum absolute atomic E-state index is 11.8. The molecule has 2 heterocycles. The van der Waals surface area contributed by atoms with Crippen molar-refractivity contribution in [3.8, 4) is 5.75 Å². The van der Waals surface area contributed by atoms with Gasteiger partial charge in [-0.15, -0.1) is 0 Å². The molecule has 0 atom stereocenters. The first-order chi connectivity index (χ1) is 10.8. The number of carbonyl (C=O) groups excluding carboxylic acids is 1. The molecule has 1 amide bonds. The van der Waals surface area contributed by atoms with Crippen LogP contribution in [0.5, 0.6) is 5.75 Å². The molecule has 7 nitrogen and oxygen atoms in total. The molecule has 23 heavy (non-hydrogen) atoms. The number of ether oxygens (including phenoxy) is 2. The molecular formula is C16H22N4O3. The van der Waals surface area contributed by atoms with E-state index >= 15 is 0 Å². The number of pyridine rings is 1. The van der Waals surface area contributed by atoms with Crippen molar-refractivity contribution in [2.75, 3.05) is 13.7 Å². The van der Waals surface area contributed by atoms with E-state index < -0.39 is 11.7 Å². The minimum absolute atomic E-state index is 0.200. The van der Waals surface area contributed by atoms with Crippen molar-refractivity contribution in [1.29, 1.82) is 0 Å². The number of nitrogens with zero attached hydrogens (tertiary/aromatic N) is 3. The van der Waals surface area contributed by atoms with Crippen LogP contribution in [0.1, 0.15) is 39.4 Å². The highest BCUT2D eigenvalue weighted by Gasteiger charge is 2.48. The summed E-state index contributed by atoms with van der Waals surface area (Å²) in [5, 5.41) is 7.37. The van der Waals surface area contributed by atoms with Gasteiger partial charge in [-0.3, -0.25) is 0 Å². The first-order valence-electron chi connectivity index (χ1n) is 7.70. The second-order valence-corrected chi connectivity index (χ2v) is 6.92. The van der Waals surface area contributed by atoms with Crippen molar-refractivity contribution in [3.05, 3.63) is 24.2 Å². The molecule has 1 saturated carbocycles. The average Bonchev–Trinajstić information content (AvgIpc) is 3.13. The number of hydrogen-bond donors (Lipinski definition) is 1. The van der Waals surface area contributed by atoms with E-state index in [1.807, 2.05) is 39.1 Å². The number of hydrogen-bond acceptors (Lipinski definition) is 5. The molecule has 0 bridgehead atoms. The highest BCUT2D eigenvalue weighted by Crippen LogP contribution is 2.46. The lowest BCUT2D eigenvalue weighted by Crippen LogP contribution is -2.37. The molecule has 0 unspecified atom stereocenters. The molecule has 124 valence electrons. The van der Waals surface area contributed by atoms with Gasteiger partial charge in [0.25, 0.3) is 0 Å². The van der Waals surface area contributed by atoms with Gasteiger partial charge in [0.2, 0.25) is 0 Å². The lowest BCUT2D eigenvalue weighted by atomic mass is 10.1. The standard InChI is InChI=1S/C16H22N4O3/c1-15(2,3)23-14(21)17-10-16(7-8-16)13-18-12-11(22-4)6-5-9-20(12)19-13/h5-6,9H,7-8,10H2,1-4H3,(H,17,21). The van der Waals surface area contributed by atoms with E-state index in [0.29, 0.717) is 17.9 Å². The Morgan fingerprint density at radius 2 is 2.17 bits per heavy atom. The quantitative estimate of drug-likeness (QED) is 0.936. The van der Waals surface area contributed by atoms with Crippen LogP contribution in [0.3, 0.4) is 0 Å². The Hall–Kier alpha value is -2.31. The van der Waals surface area contributed by atoms with Crippen molar-refractivity contribution in [2.45, 2.75) is 44.6 Å². The molecule has 2 aromatic rings. The van der Waals surface area contributed by atoms with Crippen LogP contribution in [-0.2, 0) is 10.2 Å². The maximum Gasteiger partial charge on any atom is 0.407 e. The molecule has 7 heteroatoms. The minimum Gasteiger partial charge on any atom is -0.493 e. The number of aromatic nitrogens is 3. The molecule has 0 aliphatic heterocycles. The van der Waals surface area contributed by atoms with Crippen LogP contribution in [0.4, 0.5) is 4.79 Å². The second-order valence-electron chi connectivity index (χ2n) is 6.92. The Morgan fingerprint density at radius 3 is 2.78 bits per heavy atom. The molecular weight excluding hydrogens is 296 g/mol. The smallest absolute Gasteiger partial charge is 0.407 e. The third kappa shape index (κ3) is 3.23. The Bertz CT molecular complexity index is 728. The number of rotatable bonds is 4. The van der Waals surface area contributed by atoms with E-state index in [2.05, 4.69) is 15.4 Å². The molecule has 1 N–H and O–H groups in total. The van der Waals surface area contributed by atoms with Crippen LogP contribution in [0, 0.1) is 0 Å². The van der Waals surface area contributed by atoms with E-state index in [1.54, 1.807) is 11.6 Å². The highest BCUT2D eigenvalue weighted by molar-refractivity contribution is 5.68. The lowest BCUT2D eigenvalue weighted by molar-refractivity contribution is 0.0522. The van der Waals surface area contributed by atoms with E-state index in [1.165, 1.54) is 0 Å². The number of alkyl carbamates (subject to hydrolysis) is 1. The van der Waals surface area contributed by atoms with E-state index in [9.17, 15) is 4.79 Å². The maximum atomic E-state index is 11.8. The zero-order valence-corrected chi connectivity index (χ0v) is 13.9. The third-order valence-corrected chi connectivity index (χ3v) is 3.84. The van der Waals surface area contributed by atoms with Crippen molar-refractivity contribution < 1.29 is 14.3 Å². The summed E-state index contributed by atoms with van der Waals surface area (Å²) in [6.45, 7) is 6.00. The van der Waals surface area contributed by atoms with Gasteiger partial charge in [-0.1, -0.05) is 0 Å². The Kier molecular flexibility index (Phi) is 3.66. The van der Waals surface area contributed by atoms with Gasteiger partial charge in [-0.2, -0.15) is 5.10 Å². The normalized spacial score (nSPS) is 16.2. The van der Waals surface area contributed by atoms with Crippen molar-refractivity contribution in [3.63, 3.8) is 0 Å². The number of fused-ring (bicyclic) bond motifs is 1. The molecule has 0 spiro atoms. The topological polar surface area (TPSA) is 77.8 Å². The van der Waals surface area contributed by atoms with Crippen molar-refractivity contribution in [2.24, 2.45) is 0 Å². The summed E-state index contributed by atoms with van der Waals surface area (Å²) in [5.41, 5.74) is -0.0165. The molecule has 2 aromatic heterocycles. The van der Waals surface area contributed by atoms with Gasteiger partial charge in [0.1, 0.15) is 5.60 Å². The molecule has 1 fully saturated rings. The first kappa shape index (κ1) is 15.6. The Morgan fingerprint density at radius 1 is 1.43 bits per heavy atom. The molecule has 0 radical (unpaired) electrons. The second kappa shape index (κ2) is 5.40. The Labute approximate surface area is 135 Å². The van der Waals surface area contributed by atoms with Gasteiger partial charge in [-0.25, -0.2) is 14.3 Å². The fraction of sp³-hybridized carbons (Fsp3) is 0.562. The molecule has 0 aromatic carbocycles. The summed E-state index contributed by atoms with van der Waals surface area (Å²) in [6, 6.07) is 3.72. The summed E-state index contributed by atoms with van der Waals surface area (Å²) < 4.78 is 12.3. The third-order valence-electron chi connectivity index (χ3n) is 3.84. The van der Waals surface area contributed by atoms with Crippen molar-refractivity contribution in [1.82, 2.24) is 19.9 Å². The largest absolute Gasteiger partial charge is 0.493 e. The molecule has 3 rings (SSSR count). The summed E-state index contributed by atoms with van der Waals surface area (Å²) in [4.78, 5) is 16.4. The van der Waals surface area contributed by atoms with Gasteiger partial charge in [0.05, 0.1) is 7.11 Å². The number of nitrogens with one attached hydrogen (secondary N) is 1. The first-order valence-corrected chi connectivity index (χ1v) is 7.70. The highest BCUT2D eigenvalue weighted by atomic mass is 16.6. The van der Waals surface area contributed by atoms with Gasteiger partial charge in [0.15, 0.2) is 17.2 Å². The van der Waals surface area contributed by atoms with Crippen LogP contribution in [-0.4, -0.2) is 39.9 Å². The molecule has 0 saturated heterocycles. The summed E-state index contributed by atoms with van der Waals surface area (Å²) in [7, 11) is 1.61. The zero-order chi connectivity index (χ0) is 16.7. The monoisotopic (exact) mass is 318 g/mol. The molecule has 1 aliphatic carbocycles. The van der Waals surface area contributed by atoms with Crippen LogP contribution >= 0.6 is 0 Å². The van der Waals surface area contributed by atoms with E-state index in [0.717, 1.165) is 18.7 Å². The predicted octanol–water partition coefficient (Wildman–Crippen LogP) is 2.29. The van der Waals surface area contributed by atoms with Crippen molar-refractivity contribution >= 4 is 11.7 Å². The summed E-state index contributed by atoms with van der Waals surface area (Å²) >= 11 is 0. The van der Waals surface area contributed by atoms with Crippen LogP contribution in [0.15, 0.2) is 18.3 Å². The molecule has 1 aliphatic rings. The summed E-state index contributed by atoms with van der Waals surface area (Å²) in [6.07, 6.45) is 3.32. The fourth-order valence-corrected chi connectivity index (χ4v) is 2.45. The van der Waals surface area contributed by atoms with Crippen LogP contribution in [0.2, 0.25) is 0 Å². The Balaban J connectivity index is 1.75. The van der Waals surface area contributed by atoms with Gasteiger partial charge >= 0.3 is 6.09 Å². The average molecular weight is 318 g/mol. The van der Waals surface area contributed by atoms with Gasteiger partial charge in [-0.05, 0) is 45.7 Å². The van der Waals surface area contributed by atoms with E-state index in [4.69, 9.17) is 9.47 Å². The lowest BCUT2D eigenvalue weighted by Gasteiger charge is -2.21.